The summed E-state index contributed by atoms with van der Waals surface area (Å²) in [6, 6.07) is 12.4. The summed E-state index contributed by atoms with van der Waals surface area (Å²) in [5.41, 5.74) is 3.96. The van der Waals surface area contributed by atoms with E-state index in [1.165, 1.54) is 7.11 Å². The Bertz CT molecular complexity index is 957. The van der Waals surface area contributed by atoms with Gasteiger partial charge in [0, 0.05) is 29.1 Å². The number of nitrogens with zero attached hydrogens (tertiary/aromatic N) is 1. The van der Waals surface area contributed by atoms with Crippen LogP contribution in [0.5, 0.6) is 5.75 Å². The van der Waals surface area contributed by atoms with Gasteiger partial charge in [-0.2, -0.15) is 0 Å². The van der Waals surface area contributed by atoms with Crippen molar-refractivity contribution >= 4 is 22.6 Å². The first-order chi connectivity index (χ1) is 11.7. The normalized spacial score (nSPS) is 16.5. The minimum absolute atomic E-state index is 0.150. The van der Waals surface area contributed by atoms with Gasteiger partial charge in [-0.25, -0.2) is 4.79 Å². The van der Waals surface area contributed by atoms with Gasteiger partial charge in [0.25, 0.3) is 0 Å². The van der Waals surface area contributed by atoms with E-state index in [9.17, 15) is 9.90 Å². The molecule has 0 radical (unpaired) electrons. The number of hydrogen-bond donors (Lipinski definition) is 2. The van der Waals surface area contributed by atoms with Crippen LogP contribution in [0.1, 0.15) is 16.7 Å². The minimum Gasteiger partial charge on any atom is -0.507 e. The SMILES string of the molecule is COC(=O)[C@@H]1Cc2c[nH]c3ccc(O)c(c23)C(c2ccccc2)=N1. The summed E-state index contributed by atoms with van der Waals surface area (Å²) in [5, 5.41) is 11.4. The molecule has 5 nitrogen and oxygen atoms in total. The third-order valence-electron chi connectivity index (χ3n) is 4.36. The molecule has 0 aliphatic carbocycles. The number of aromatic nitrogens is 1. The monoisotopic (exact) mass is 320 g/mol. The van der Waals surface area contributed by atoms with E-state index in [0.29, 0.717) is 17.7 Å². The lowest BCUT2D eigenvalue weighted by molar-refractivity contribution is -0.142. The van der Waals surface area contributed by atoms with Crippen LogP contribution in [0.15, 0.2) is 53.7 Å². The molecule has 3 aromatic rings. The van der Waals surface area contributed by atoms with Crippen molar-refractivity contribution in [2.24, 2.45) is 4.99 Å². The van der Waals surface area contributed by atoms with Crippen LogP contribution >= 0.6 is 0 Å². The largest absolute Gasteiger partial charge is 0.507 e. The van der Waals surface area contributed by atoms with Crippen LogP contribution in [0, 0.1) is 0 Å². The standard InChI is InChI=1S/C19H16N2O3/c1-24-19(23)14-9-12-10-20-13-7-8-15(22)17(16(12)13)18(21-14)11-5-3-2-4-6-11/h2-8,10,14,20,22H,9H2,1H3/t14-/m0/s1. The van der Waals surface area contributed by atoms with E-state index in [1.807, 2.05) is 42.6 Å². The summed E-state index contributed by atoms with van der Waals surface area (Å²) in [6.45, 7) is 0. The van der Waals surface area contributed by atoms with Crippen LogP contribution in [0.3, 0.4) is 0 Å². The lowest BCUT2D eigenvalue weighted by Crippen LogP contribution is -2.23. The number of carbonyl (C=O) groups is 1. The van der Waals surface area contributed by atoms with Crippen molar-refractivity contribution in [3.63, 3.8) is 0 Å². The van der Waals surface area contributed by atoms with E-state index in [0.717, 1.165) is 22.0 Å². The molecule has 2 aromatic carbocycles. The molecule has 2 heterocycles. The Kier molecular flexibility index (Phi) is 3.34. The average Bonchev–Trinajstić information content (AvgIpc) is 2.93. The second kappa shape index (κ2) is 5.53. The van der Waals surface area contributed by atoms with Gasteiger partial charge in [-0.15, -0.1) is 0 Å². The van der Waals surface area contributed by atoms with Crippen molar-refractivity contribution in [2.75, 3.05) is 7.11 Å². The molecule has 24 heavy (non-hydrogen) atoms. The third kappa shape index (κ3) is 2.17. The first kappa shape index (κ1) is 14.5. The molecule has 2 N–H and O–H groups in total. The van der Waals surface area contributed by atoms with Crippen molar-refractivity contribution in [3.8, 4) is 5.75 Å². The average molecular weight is 320 g/mol. The lowest BCUT2D eigenvalue weighted by atomic mass is 9.96. The van der Waals surface area contributed by atoms with E-state index in [-0.39, 0.29) is 11.7 Å². The zero-order valence-electron chi connectivity index (χ0n) is 13.1. The highest BCUT2D eigenvalue weighted by molar-refractivity contribution is 6.22. The number of H-pyrrole nitrogens is 1. The number of aromatic hydroxyl groups is 1. The van der Waals surface area contributed by atoms with Gasteiger partial charge in [0.2, 0.25) is 0 Å². The Morgan fingerprint density at radius 2 is 2.04 bits per heavy atom. The molecule has 0 bridgehead atoms. The van der Waals surface area contributed by atoms with E-state index < -0.39 is 6.04 Å². The molecular weight excluding hydrogens is 304 g/mol. The maximum absolute atomic E-state index is 12.2. The third-order valence-corrected chi connectivity index (χ3v) is 4.36. The summed E-state index contributed by atoms with van der Waals surface area (Å²) in [5.74, 6) is -0.235. The highest BCUT2D eigenvalue weighted by Gasteiger charge is 2.28. The zero-order valence-corrected chi connectivity index (χ0v) is 13.1. The molecule has 0 unspecified atom stereocenters. The van der Waals surface area contributed by atoms with Gasteiger partial charge in [-0.05, 0) is 17.7 Å². The molecule has 1 aliphatic heterocycles. The minimum atomic E-state index is -0.643. The number of aromatic amines is 1. The van der Waals surface area contributed by atoms with Gasteiger partial charge >= 0.3 is 5.97 Å². The summed E-state index contributed by atoms with van der Waals surface area (Å²) >= 11 is 0. The smallest absolute Gasteiger partial charge is 0.330 e. The van der Waals surface area contributed by atoms with Crippen LogP contribution in [0.4, 0.5) is 0 Å². The molecular formula is C19H16N2O3. The summed E-state index contributed by atoms with van der Waals surface area (Å²) in [6.07, 6.45) is 2.30. The molecule has 1 aromatic heterocycles. The van der Waals surface area contributed by atoms with Crippen LogP contribution < -0.4 is 0 Å². The van der Waals surface area contributed by atoms with Crippen LogP contribution in [0.2, 0.25) is 0 Å². The molecule has 5 heteroatoms. The molecule has 0 spiro atoms. The Morgan fingerprint density at radius 1 is 1.25 bits per heavy atom. The molecule has 4 rings (SSSR count). The van der Waals surface area contributed by atoms with Crippen LogP contribution in [-0.2, 0) is 16.0 Å². The van der Waals surface area contributed by atoms with Crippen molar-refractivity contribution in [1.82, 2.24) is 4.98 Å². The summed E-state index contributed by atoms with van der Waals surface area (Å²) in [4.78, 5) is 20.0. The zero-order chi connectivity index (χ0) is 16.7. The second-order valence-electron chi connectivity index (χ2n) is 5.78. The first-order valence-electron chi connectivity index (χ1n) is 7.72. The number of hydrogen-bond acceptors (Lipinski definition) is 4. The number of methoxy groups -OCH3 is 1. The highest BCUT2D eigenvalue weighted by Crippen LogP contribution is 2.35. The molecule has 0 saturated heterocycles. The van der Waals surface area contributed by atoms with Crippen molar-refractivity contribution in [2.45, 2.75) is 12.5 Å². The topological polar surface area (TPSA) is 74.7 Å². The quantitative estimate of drug-likeness (QED) is 0.713. The molecule has 0 fully saturated rings. The highest BCUT2D eigenvalue weighted by atomic mass is 16.5. The van der Waals surface area contributed by atoms with E-state index in [4.69, 9.17) is 4.74 Å². The Hall–Kier alpha value is -3.08. The number of benzene rings is 2. The number of carbonyl (C=O) groups excluding carboxylic acids is 1. The Morgan fingerprint density at radius 3 is 2.79 bits per heavy atom. The molecule has 0 saturated carbocycles. The predicted octanol–water partition coefficient (Wildman–Crippen LogP) is 2.81. The second-order valence-corrected chi connectivity index (χ2v) is 5.78. The van der Waals surface area contributed by atoms with Crippen molar-refractivity contribution in [1.29, 1.82) is 0 Å². The number of nitrogens with one attached hydrogen (secondary N) is 1. The first-order valence-corrected chi connectivity index (χ1v) is 7.72. The van der Waals surface area contributed by atoms with Crippen molar-refractivity contribution in [3.05, 3.63) is 65.4 Å². The van der Waals surface area contributed by atoms with Gasteiger partial charge in [0.1, 0.15) is 5.75 Å². The lowest BCUT2D eigenvalue weighted by Gasteiger charge is -2.12. The van der Waals surface area contributed by atoms with Crippen LogP contribution in [-0.4, -0.2) is 34.9 Å². The van der Waals surface area contributed by atoms with Gasteiger partial charge in [-0.1, -0.05) is 30.3 Å². The van der Waals surface area contributed by atoms with E-state index >= 15 is 0 Å². The fraction of sp³-hybridized carbons (Fsp3) is 0.158. The van der Waals surface area contributed by atoms with Gasteiger partial charge in [0.05, 0.1) is 18.4 Å². The Balaban J connectivity index is 2.04. The predicted molar refractivity (Wildman–Crippen MR) is 91.6 cm³/mol. The maximum atomic E-state index is 12.2. The van der Waals surface area contributed by atoms with Gasteiger partial charge in [-0.3, -0.25) is 4.99 Å². The number of phenols is 1. The number of esters is 1. The molecule has 120 valence electrons. The van der Waals surface area contributed by atoms with Crippen molar-refractivity contribution < 1.29 is 14.6 Å². The van der Waals surface area contributed by atoms with Gasteiger partial charge in [0.15, 0.2) is 6.04 Å². The fourth-order valence-electron chi connectivity index (χ4n) is 3.24. The van der Waals surface area contributed by atoms with Crippen LogP contribution in [0.25, 0.3) is 10.9 Å². The number of ether oxygens (including phenoxy) is 1. The number of aliphatic imine (C=N–C) groups is 1. The molecule has 1 atom stereocenters. The molecule has 1 aliphatic rings. The number of rotatable bonds is 2. The van der Waals surface area contributed by atoms with E-state index in [2.05, 4.69) is 9.98 Å². The maximum Gasteiger partial charge on any atom is 0.330 e. The van der Waals surface area contributed by atoms with E-state index in [1.54, 1.807) is 6.07 Å². The molecule has 0 amide bonds. The summed E-state index contributed by atoms with van der Waals surface area (Å²) < 4.78 is 4.91. The summed E-state index contributed by atoms with van der Waals surface area (Å²) in [7, 11) is 1.36. The Labute approximate surface area is 138 Å². The number of phenolic OH excluding ortho intramolecular Hbond substituents is 1. The fourth-order valence-corrected chi connectivity index (χ4v) is 3.24. The van der Waals surface area contributed by atoms with Gasteiger partial charge < -0.3 is 14.8 Å².